The predicted octanol–water partition coefficient (Wildman–Crippen LogP) is 2.36. The number of thiophene rings is 1. The van der Waals surface area contributed by atoms with Crippen molar-refractivity contribution in [2.24, 2.45) is 0 Å². The Balaban J connectivity index is 0.000000980. The van der Waals surface area contributed by atoms with Crippen LogP contribution in [0.5, 0.6) is 0 Å². The fraction of sp³-hybridized carbons (Fsp3) is 0.500. The molecule has 0 bridgehead atoms. The van der Waals surface area contributed by atoms with Crippen molar-refractivity contribution in [3.8, 4) is 0 Å². The van der Waals surface area contributed by atoms with Crippen LogP contribution in [0.1, 0.15) is 27.0 Å². The third kappa shape index (κ3) is 2.16. The van der Waals surface area contributed by atoms with Crippen molar-refractivity contribution < 1.29 is 4.79 Å². The highest BCUT2D eigenvalue weighted by molar-refractivity contribution is 7.14. The molecule has 1 aromatic rings. The van der Waals surface area contributed by atoms with Crippen LogP contribution in [0.4, 0.5) is 0 Å². The molecule has 2 nitrogen and oxygen atoms in total. The van der Waals surface area contributed by atoms with Crippen molar-refractivity contribution >= 4 is 29.5 Å². The Morgan fingerprint density at radius 3 is 2.93 bits per heavy atom. The number of ketones is 1. The van der Waals surface area contributed by atoms with Crippen molar-refractivity contribution in [3.05, 3.63) is 21.4 Å². The summed E-state index contributed by atoms with van der Waals surface area (Å²) in [4.78, 5) is 15.7. The number of fused-ring (bicyclic) bond motifs is 1. The average Bonchev–Trinajstić information content (AvgIpc) is 2.46. The molecule has 4 heteroatoms. The van der Waals surface area contributed by atoms with Gasteiger partial charge in [0.2, 0.25) is 0 Å². The zero-order valence-corrected chi connectivity index (χ0v) is 10.0. The zero-order valence-electron chi connectivity index (χ0n) is 8.37. The SMILES string of the molecule is CC(=O)c1cc2c(s1)CN(C)CC2.Cl. The Labute approximate surface area is 94.3 Å². The van der Waals surface area contributed by atoms with Gasteiger partial charge in [0.15, 0.2) is 5.78 Å². The van der Waals surface area contributed by atoms with Gasteiger partial charge in [-0.05, 0) is 32.0 Å². The fourth-order valence-corrected chi connectivity index (χ4v) is 2.81. The van der Waals surface area contributed by atoms with E-state index in [-0.39, 0.29) is 18.2 Å². The first-order valence-corrected chi connectivity index (χ1v) is 5.29. The molecule has 0 aromatic carbocycles. The summed E-state index contributed by atoms with van der Waals surface area (Å²) in [5.41, 5.74) is 1.38. The van der Waals surface area contributed by atoms with Crippen LogP contribution < -0.4 is 0 Å². The summed E-state index contributed by atoms with van der Waals surface area (Å²) in [7, 11) is 2.12. The molecule has 0 aliphatic carbocycles. The Bertz CT molecular complexity index is 348. The first kappa shape index (κ1) is 11.7. The van der Waals surface area contributed by atoms with Crippen LogP contribution in [-0.2, 0) is 13.0 Å². The standard InChI is InChI=1S/C10H13NOS.ClH/c1-7(12)9-5-8-3-4-11(2)6-10(8)13-9;/h5H,3-4,6H2,1-2H3;1H. The monoisotopic (exact) mass is 231 g/mol. The normalized spacial score (nSPS) is 15.9. The van der Waals surface area contributed by atoms with Crippen LogP contribution in [0, 0.1) is 0 Å². The van der Waals surface area contributed by atoms with Gasteiger partial charge >= 0.3 is 0 Å². The number of nitrogens with zero attached hydrogens (tertiary/aromatic N) is 1. The predicted molar refractivity (Wildman–Crippen MR) is 61.6 cm³/mol. The molecule has 2 heterocycles. The number of halogens is 1. The maximum Gasteiger partial charge on any atom is 0.169 e. The molecule has 1 aliphatic rings. The minimum absolute atomic E-state index is 0. The minimum Gasteiger partial charge on any atom is -0.301 e. The number of hydrogen-bond acceptors (Lipinski definition) is 3. The van der Waals surface area contributed by atoms with Gasteiger partial charge in [-0.15, -0.1) is 23.7 Å². The van der Waals surface area contributed by atoms with Crippen molar-refractivity contribution in [3.63, 3.8) is 0 Å². The highest BCUT2D eigenvalue weighted by atomic mass is 35.5. The van der Waals surface area contributed by atoms with E-state index in [1.807, 2.05) is 0 Å². The lowest BCUT2D eigenvalue weighted by atomic mass is 10.1. The highest BCUT2D eigenvalue weighted by Crippen LogP contribution is 2.27. The van der Waals surface area contributed by atoms with Crippen LogP contribution in [0.15, 0.2) is 6.07 Å². The maximum absolute atomic E-state index is 11.1. The van der Waals surface area contributed by atoms with Crippen LogP contribution >= 0.6 is 23.7 Å². The second kappa shape index (κ2) is 4.43. The molecule has 0 amide bonds. The fourth-order valence-electron chi connectivity index (χ4n) is 1.62. The molecule has 0 saturated heterocycles. The Morgan fingerprint density at radius 2 is 2.29 bits per heavy atom. The number of carbonyl (C=O) groups excluding carboxylic acids is 1. The topological polar surface area (TPSA) is 20.3 Å². The summed E-state index contributed by atoms with van der Waals surface area (Å²) in [6, 6.07) is 2.06. The van der Waals surface area contributed by atoms with E-state index >= 15 is 0 Å². The van der Waals surface area contributed by atoms with Gasteiger partial charge in [0, 0.05) is 18.0 Å². The van der Waals surface area contributed by atoms with Crippen LogP contribution in [-0.4, -0.2) is 24.3 Å². The summed E-state index contributed by atoms with van der Waals surface area (Å²) in [6.45, 7) is 3.76. The molecule has 1 aromatic heterocycles. The van der Waals surface area contributed by atoms with Gasteiger partial charge in [0.05, 0.1) is 4.88 Å². The molecular formula is C10H14ClNOS. The van der Waals surface area contributed by atoms with Crippen LogP contribution in [0.25, 0.3) is 0 Å². The van der Waals surface area contributed by atoms with Gasteiger partial charge in [-0.25, -0.2) is 0 Å². The quantitative estimate of drug-likeness (QED) is 0.692. The number of carbonyl (C=O) groups is 1. The molecule has 78 valence electrons. The molecule has 0 fully saturated rings. The van der Waals surface area contributed by atoms with E-state index in [0.29, 0.717) is 0 Å². The van der Waals surface area contributed by atoms with E-state index < -0.39 is 0 Å². The first-order chi connectivity index (χ1) is 6.16. The summed E-state index contributed by atoms with van der Waals surface area (Å²) in [5.74, 6) is 0.196. The van der Waals surface area contributed by atoms with Gasteiger partial charge in [0.25, 0.3) is 0 Å². The summed E-state index contributed by atoms with van der Waals surface area (Å²) < 4.78 is 0. The number of rotatable bonds is 1. The van der Waals surface area contributed by atoms with Gasteiger partial charge < -0.3 is 4.90 Å². The lowest BCUT2D eigenvalue weighted by Gasteiger charge is -2.21. The van der Waals surface area contributed by atoms with E-state index in [1.165, 1.54) is 10.4 Å². The highest BCUT2D eigenvalue weighted by Gasteiger charge is 2.17. The van der Waals surface area contributed by atoms with Crippen molar-refractivity contribution in [2.75, 3.05) is 13.6 Å². The molecule has 0 atom stereocenters. The lowest BCUT2D eigenvalue weighted by molar-refractivity contribution is 0.102. The Morgan fingerprint density at radius 1 is 1.57 bits per heavy atom. The molecule has 0 spiro atoms. The number of hydrogen-bond donors (Lipinski definition) is 0. The lowest BCUT2D eigenvalue weighted by Crippen LogP contribution is -2.24. The molecule has 2 rings (SSSR count). The third-order valence-corrected chi connectivity index (χ3v) is 3.68. The van der Waals surface area contributed by atoms with E-state index in [1.54, 1.807) is 18.3 Å². The van der Waals surface area contributed by atoms with Gasteiger partial charge in [-0.1, -0.05) is 0 Å². The largest absolute Gasteiger partial charge is 0.301 e. The van der Waals surface area contributed by atoms with Gasteiger partial charge in [-0.3, -0.25) is 4.79 Å². The van der Waals surface area contributed by atoms with Crippen molar-refractivity contribution in [1.82, 2.24) is 4.90 Å². The first-order valence-electron chi connectivity index (χ1n) is 4.48. The third-order valence-electron chi connectivity index (χ3n) is 2.42. The minimum atomic E-state index is 0. The van der Waals surface area contributed by atoms with Crippen LogP contribution in [0.2, 0.25) is 0 Å². The average molecular weight is 232 g/mol. The Kier molecular flexibility index (Phi) is 3.70. The molecule has 0 N–H and O–H groups in total. The van der Waals surface area contributed by atoms with E-state index in [2.05, 4.69) is 18.0 Å². The second-order valence-corrected chi connectivity index (χ2v) is 4.74. The smallest absolute Gasteiger partial charge is 0.169 e. The van der Waals surface area contributed by atoms with Gasteiger partial charge in [-0.2, -0.15) is 0 Å². The molecule has 1 aliphatic heterocycles. The zero-order chi connectivity index (χ0) is 9.42. The van der Waals surface area contributed by atoms with Crippen molar-refractivity contribution in [1.29, 1.82) is 0 Å². The van der Waals surface area contributed by atoms with Crippen molar-refractivity contribution in [2.45, 2.75) is 19.9 Å². The number of Topliss-reactive ketones (excluding diaryl/α,β-unsaturated/α-hetero) is 1. The summed E-state index contributed by atoms with van der Waals surface area (Å²) >= 11 is 1.66. The van der Waals surface area contributed by atoms with E-state index in [4.69, 9.17) is 0 Å². The Hall–Kier alpha value is -0.380. The number of likely N-dealkylation sites (N-methyl/N-ethyl adjacent to an activating group) is 1. The summed E-state index contributed by atoms with van der Waals surface area (Å²) in [6.07, 6.45) is 1.09. The van der Waals surface area contributed by atoms with E-state index in [0.717, 1.165) is 24.4 Å². The molecule has 0 unspecified atom stereocenters. The van der Waals surface area contributed by atoms with Gasteiger partial charge in [0.1, 0.15) is 0 Å². The molecular weight excluding hydrogens is 218 g/mol. The summed E-state index contributed by atoms with van der Waals surface area (Å²) in [5, 5.41) is 0. The van der Waals surface area contributed by atoms with Crippen LogP contribution in [0.3, 0.4) is 0 Å². The molecule has 0 radical (unpaired) electrons. The molecule has 0 saturated carbocycles. The molecule has 14 heavy (non-hydrogen) atoms. The second-order valence-electron chi connectivity index (χ2n) is 3.60. The maximum atomic E-state index is 11.1. The van der Waals surface area contributed by atoms with E-state index in [9.17, 15) is 4.79 Å².